The molecule has 12 nitrogen and oxygen atoms in total. The number of carboxylic acids is 1. The minimum Gasteiger partial charge on any atom is -0.481 e. The SMILES string of the molecule is C[C@@H]1O[C@@H](O[C@H]2CC[C@]3(C(=O)O)[C@H]4C[C@@H](O)[C@]5(C)[C@@H](C6=CC(=O)OC6)CC[C@]5(O)[C@@H]4CC[C@]3(O)C2)[C@H](O)[C@H](O)[C@H]1O. The summed E-state index contributed by atoms with van der Waals surface area (Å²) in [6, 6.07) is 0. The van der Waals surface area contributed by atoms with E-state index in [1.54, 1.807) is 0 Å². The summed E-state index contributed by atoms with van der Waals surface area (Å²) < 4.78 is 16.7. The topological polar surface area (TPSA) is 203 Å². The Hall–Kier alpha value is -1.64. The lowest BCUT2D eigenvalue weighted by atomic mass is 9.40. The molecule has 0 unspecified atom stereocenters. The van der Waals surface area contributed by atoms with Crippen molar-refractivity contribution in [3.05, 3.63) is 11.6 Å². The molecule has 0 aromatic heterocycles. The Morgan fingerprint density at radius 1 is 1.00 bits per heavy atom. The molecule has 0 amide bonds. The highest BCUT2D eigenvalue weighted by molar-refractivity contribution is 5.85. The van der Waals surface area contributed by atoms with Gasteiger partial charge in [-0.2, -0.15) is 0 Å². The Bertz CT molecular complexity index is 1130. The summed E-state index contributed by atoms with van der Waals surface area (Å²) >= 11 is 0. The third-order valence-electron chi connectivity index (χ3n) is 12.1. The van der Waals surface area contributed by atoms with E-state index in [9.17, 15) is 45.3 Å². The van der Waals surface area contributed by atoms with Crippen molar-refractivity contribution in [3.8, 4) is 0 Å². The van der Waals surface area contributed by atoms with Crippen molar-refractivity contribution in [1.82, 2.24) is 0 Å². The van der Waals surface area contributed by atoms with Crippen molar-refractivity contribution in [2.45, 2.75) is 119 Å². The first-order valence-electron chi connectivity index (χ1n) is 14.8. The first-order valence-corrected chi connectivity index (χ1v) is 14.8. The molecule has 0 aromatic carbocycles. The lowest BCUT2D eigenvalue weighted by molar-refractivity contribution is -0.321. The molecule has 4 aliphatic carbocycles. The number of ether oxygens (including phenoxy) is 3. The number of carbonyl (C=O) groups is 2. The van der Waals surface area contributed by atoms with Gasteiger partial charge in [-0.05, 0) is 75.2 Å². The smallest absolute Gasteiger partial charge is 0.331 e. The number of cyclic esters (lactones) is 1. The molecule has 41 heavy (non-hydrogen) atoms. The Balaban J connectivity index is 1.28. The summed E-state index contributed by atoms with van der Waals surface area (Å²) in [6.07, 6.45) is -5.17. The first-order chi connectivity index (χ1) is 19.2. The summed E-state index contributed by atoms with van der Waals surface area (Å²) in [5, 5.41) is 77.5. The van der Waals surface area contributed by atoms with Crippen molar-refractivity contribution >= 4 is 11.9 Å². The van der Waals surface area contributed by atoms with Crippen LogP contribution in [0.1, 0.15) is 65.2 Å². The molecular formula is C29H42O12. The Morgan fingerprint density at radius 2 is 1.73 bits per heavy atom. The summed E-state index contributed by atoms with van der Waals surface area (Å²) in [6.45, 7) is 3.48. The van der Waals surface area contributed by atoms with E-state index in [1.807, 2.05) is 6.92 Å². The van der Waals surface area contributed by atoms with Gasteiger partial charge in [0.15, 0.2) is 6.29 Å². The van der Waals surface area contributed by atoms with Crippen LogP contribution in [0.25, 0.3) is 0 Å². The molecule has 4 saturated carbocycles. The van der Waals surface area contributed by atoms with Crippen LogP contribution >= 0.6 is 0 Å². The molecule has 0 spiro atoms. The van der Waals surface area contributed by atoms with E-state index in [0.29, 0.717) is 19.3 Å². The Kier molecular flexibility index (Phi) is 6.95. The van der Waals surface area contributed by atoms with E-state index < -0.39 is 88.7 Å². The molecule has 14 atom stereocenters. The first kappa shape index (κ1) is 29.4. The minimum atomic E-state index is -1.72. The fourth-order valence-electron chi connectivity index (χ4n) is 9.90. The van der Waals surface area contributed by atoms with Gasteiger partial charge in [0.05, 0.1) is 34.9 Å². The number of aliphatic hydroxyl groups is 6. The highest BCUT2D eigenvalue weighted by Gasteiger charge is 2.75. The average molecular weight is 583 g/mol. The molecule has 7 N–H and O–H groups in total. The maximum absolute atomic E-state index is 13.2. The summed E-state index contributed by atoms with van der Waals surface area (Å²) in [4.78, 5) is 25.0. The maximum atomic E-state index is 13.2. The number of esters is 1. The van der Waals surface area contributed by atoms with Crippen molar-refractivity contribution in [3.63, 3.8) is 0 Å². The zero-order valence-electron chi connectivity index (χ0n) is 23.4. The summed E-state index contributed by atoms with van der Waals surface area (Å²) in [5.74, 6) is -3.12. The van der Waals surface area contributed by atoms with E-state index in [-0.39, 0.29) is 44.6 Å². The molecule has 0 radical (unpaired) electrons. The van der Waals surface area contributed by atoms with Gasteiger partial charge in [-0.15, -0.1) is 0 Å². The third kappa shape index (κ3) is 3.88. The Morgan fingerprint density at radius 3 is 2.39 bits per heavy atom. The second-order valence-electron chi connectivity index (χ2n) is 13.6. The number of aliphatic hydroxyl groups excluding tert-OH is 4. The maximum Gasteiger partial charge on any atom is 0.331 e. The van der Waals surface area contributed by atoms with E-state index in [0.717, 1.165) is 5.57 Å². The zero-order valence-corrected chi connectivity index (χ0v) is 23.4. The molecule has 6 aliphatic rings. The van der Waals surface area contributed by atoms with Gasteiger partial charge in [0.2, 0.25) is 0 Å². The van der Waals surface area contributed by atoms with E-state index >= 15 is 0 Å². The highest BCUT2D eigenvalue weighted by atomic mass is 16.7. The van der Waals surface area contributed by atoms with Gasteiger partial charge in [0.1, 0.15) is 24.9 Å². The molecule has 0 aromatic rings. The Labute approximate surface area is 237 Å². The molecule has 230 valence electrons. The summed E-state index contributed by atoms with van der Waals surface area (Å²) in [7, 11) is 0. The van der Waals surface area contributed by atoms with Gasteiger partial charge in [0.25, 0.3) is 0 Å². The molecule has 6 rings (SSSR count). The molecule has 1 saturated heterocycles. The van der Waals surface area contributed by atoms with Crippen LogP contribution in [0.3, 0.4) is 0 Å². The minimum absolute atomic E-state index is 0.0185. The van der Waals surface area contributed by atoms with Gasteiger partial charge in [-0.25, -0.2) is 4.79 Å². The zero-order chi connectivity index (χ0) is 29.7. The van der Waals surface area contributed by atoms with E-state index in [1.165, 1.54) is 13.0 Å². The normalized spacial score (nSPS) is 54.9. The average Bonchev–Trinajstić information content (AvgIpc) is 3.46. The molecule has 2 heterocycles. The molecule has 2 aliphatic heterocycles. The molecule has 12 heteroatoms. The highest BCUT2D eigenvalue weighted by Crippen LogP contribution is 2.71. The number of aliphatic carboxylic acids is 1. The van der Waals surface area contributed by atoms with Gasteiger partial charge in [-0.1, -0.05) is 6.92 Å². The lowest BCUT2D eigenvalue weighted by Gasteiger charge is -2.66. The quantitative estimate of drug-likeness (QED) is 0.167. The van der Waals surface area contributed by atoms with Crippen LogP contribution in [0.5, 0.6) is 0 Å². The van der Waals surface area contributed by atoms with Crippen molar-refractivity contribution in [2.24, 2.45) is 28.6 Å². The van der Waals surface area contributed by atoms with E-state index in [4.69, 9.17) is 14.2 Å². The van der Waals surface area contributed by atoms with Gasteiger partial charge < -0.3 is 50.0 Å². The number of rotatable bonds is 4. The van der Waals surface area contributed by atoms with Crippen LogP contribution in [0.4, 0.5) is 0 Å². The summed E-state index contributed by atoms with van der Waals surface area (Å²) in [5.41, 5.74) is -5.05. The fourth-order valence-corrected chi connectivity index (χ4v) is 9.90. The van der Waals surface area contributed by atoms with Crippen molar-refractivity contribution in [1.29, 1.82) is 0 Å². The lowest BCUT2D eigenvalue weighted by Crippen LogP contribution is -2.73. The fraction of sp³-hybridized carbons (Fsp3) is 0.862. The van der Waals surface area contributed by atoms with E-state index in [2.05, 4.69) is 0 Å². The molecule has 5 fully saturated rings. The largest absolute Gasteiger partial charge is 0.481 e. The van der Waals surface area contributed by atoms with Crippen LogP contribution in [-0.2, 0) is 23.8 Å². The van der Waals surface area contributed by atoms with Gasteiger partial charge in [-0.3, -0.25) is 4.79 Å². The standard InChI is InChI=1S/C29H42O12/c1-13-21(32)22(33)23(34)24(40-13)41-15-3-7-28(25(35)36)18-10-19(30)26(2)16(14-9-20(31)39-12-14)5-8-29(26,38)17(18)4-6-27(28,37)11-15/h9,13,15-19,21-24,30,32-34,37-38H,3-8,10-12H2,1-2H3,(H,35,36)/t13-,15-,16+,17+,18-,19+,21-,22+,23+,24-,26-,27-,28+,29-/m0/s1. The van der Waals surface area contributed by atoms with Crippen molar-refractivity contribution in [2.75, 3.05) is 6.61 Å². The molecule has 0 bridgehead atoms. The van der Waals surface area contributed by atoms with Gasteiger partial charge >= 0.3 is 11.9 Å². The number of carbonyl (C=O) groups excluding carboxylic acids is 1. The van der Waals surface area contributed by atoms with Crippen LogP contribution in [0, 0.1) is 28.6 Å². The predicted molar refractivity (Wildman–Crippen MR) is 138 cm³/mol. The van der Waals surface area contributed by atoms with Crippen LogP contribution in [-0.4, -0.2) is 108 Å². The van der Waals surface area contributed by atoms with Crippen LogP contribution < -0.4 is 0 Å². The number of hydrogen-bond acceptors (Lipinski definition) is 11. The van der Waals surface area contributed by atoms with Crippen LogP contribution in [0.2, 0.25) is 0 Å². The second-order valence-corrected chi connectivity index (χ2v) is 13.6. The van der Waals surface area contributed by atoms with Crippen molar-refractivity contribution < 1.29 is 59.5 Å². The number of carboxylic acid groups (broad SMARTS) is 1. The van der Waals surface area contributed by atoms with Gasteiger partial charge in [0, 0.05) is 17.9 Å². The molecular weight excluding hydrogens is 540 g/mol. The number of hydrogen-bond donors (Lipinski definition) is 7. The third-order valence-corrected chi connectivity index (χ3v) is 12.1. The monoisotopic (exact) mass is 582 g/mol. The second kappa shape index (κ2) is 9.68. The predicted octanol–water partition coefficient (Wildman–Crippen LogP) is -0.393. The van der Waals surface area contributed by atoms with Crippen LogP contribution in [0.15, 0.2) is 11.6 Å². The number of fused-ring (bicyclic) bond motifs is 5.